The van der Waals surface area contributed by atoms with Crippen LogP contribution in [0.2, 0.25) is 0 Å². The number of benzene rings is 1. The quantitative estimate of drug-likeness (QED) is 0.909. The fourth-order valence-corrected chi connectivity index (χ4v) is 2.92. The third kappa shape index (κ3) is 3.14. The first-order valence-electron chi connectivity index (χ1n) is 8.13. The van der Waals surface area contributed by atoms with Crippen LogP contribution in [0, 0.1) is 12.7 Å². The van der Waals surface area contributed by atoms with Crippen LogP contribution >= 0.6 is 0 Å². The second-order valence-corrected chi connectivity index (χ2v) is 6.32. The smallest absolute Gasteiger partial charge is 0.259 e. The third-order valence-electron chi connectivity index (χ3n) is 4.19. The van der Waals surface area contributed by atoms with Gasteiger partial charge in [-0.25, -0.2) is 14.4 Å². The number of rotatable bonds is 3. The first kappa shape index (κ1) is 16.5. The summed E-state index contributed by atoms with van der Waals surface area (Å²) >= 11 is 0. The molecule has 5 nitrogen and oxygen atoms in total. The molecule has 2 N–H and O–H groups in total. The lowest BCUT2D eigenvalue weighted by molar-refractivity contribution is 0.102. The summed E-state index contributed by atoms with van der Waals surface area (Å²) in [6.45, 7) is 7.11. The van der Waals surface area contributed by atoms with Gasteiger partial charge >= 0.3 is 0 Å². The Morgan fingerprint density at radius 2 is 2.17 bits per heavy atom. The maximum atomic E-state index is 14.7. The van der Waals surface area contributed by atoms with E-state index in [1.54, 1.807) is 13.0 Å². The minimum atomic E-state index is -0.383. The van der Waals surface area contributed by atoms with Gasteiger partial charge in [-0.3, -0.25) is 4.79 Å². The molecule has 126 valence electrons. The molecule has 0 spiro atoms. The van der Waals surface area contributed by atoms with E-state index in [0.29, 0.717) is 35.6 Å². The summed E-state index contributed by atoms with van der Waals surface area (Å²) in [7, 11) is 0. The molecule has 0 saturated carbocycles. The first-order chi connectivity index (χ1) is 11.5. The molecule has 0 unspecified atom stereocenters. The lowest BCUT2D eigenvalue weighted by Crippen LogP contribution is -2.25. The summed E-state index contributed by atoms with van der Waals surface area (Å²) in [6.07, 6.45) is 2.13. The predicted molar refractivity (Wildman–Crippen MR) is 90.6 cm³/mol. The summed E-state index contributed by atoms with van der Waals surface area (Å²) in [5, 5.41) is 5.89. The van der Waals surface area contributed by atoms with Gasteiger partial charge in [0.05, 0.1) is 16.9 Å². The second-order valence-electron chi connectivity index (χ2n) is 6.32. The Morgan fingerprint density at radius 1 is 1.38 bits per heavy atom. The van der Waals surface area contributed by atoms with Crippen LogP contribution in [0.5, 0.6) is 0 Å². The minimum Gasteiger partial charge on any atom is -0.319 e. The van der Waals surface area contributed by atoms with Crippen LogP contribution in [0.1, 0.15) is 52.8 Å². The lowest BCUT2D eigenvalue weighted by atomic mass is 9.99. The highest BCUT2D eigenvalue weighted by Gasteiger charge is 2.20. The molecule has 0 aliphatic carbocycles. The number of hydrogen-bond acceptors (Lipinski definition) is 4. The van der Waals surface area contributed by atoms with Crippen molar-refractivity contribution in [3.05, 3.63) is 52.4 Å². The zero-order valence-corrected chi connectivity index (χ0v) is 14.1. The number of hydrogen-bond donors (Lipinski definition) is 2. The molecule has 1 aliphatic rings. The number of halogens is 1. The predicted octanol–water partition coefficient (Wildman–Crippen LogP) is 2.95. The van der Waals surface area contributed by atoms with E-state index in [9.17, 15) is 9.18 Å². The summed E-state index contributed by atoms with van der Waals surface area (Å²) in [5.74, 6) is -0.0393. The molecule has 1 aromatic carbocycles. The monoisotopic (exact) mass is 328 g/mol. The van der Waals surface area contributed by atoms with E-state index < -0.39 is 0 Å². The van der Waals surface area contributed by atoms with Gasteiger partial charge in [0.25, 0.3) is 5.91 Å². The highest BCUT2D eigenvalue weighted by Crippen LogP contribution is 2.25. The molecule has 3 rings (SSSR count). The lowest BCUT2D eigenvalue weighted by Gasteiger charge is -2.19. The Morgan fingerprint density at radius 3 is 2.92 bits per heavy atom. The molecule has 0 atom stereocenters. The van der Waals surface area contributed by atoms with Gasteiger partial charge in [-0.05, 0) is 43.0 Å². The standard InChI is InChI=1S/C18H21FN4O/c1-10(2)17-14(9-21-11(3)22-17)18(24)23-15-5-4-12-8-20-7-6-13(12)16(15)19/h4-5,9-10,20H,6-8H2,1-3H3,(H,23,24). The average Bonchev–Trinajstić information content (AvgIpc) is 2.57. The van der Waals surface area contributed by atoms with Gasteiger partial charge < -0.3 is 10.6 Å². The Balaban J connectivity index is 1.91. The number of aryl methyl sites for hydroxylation is 1. The van der Waals surface area contributed by atoms with E-state index in [-0.39, 0.29) is 23.3 Å². The van der Waals surface area contributed by atoms with Crippen LogP contribution in [0.4, 0.5) is 10.1 Å². The van der Waals surface area contributed by atoms with E-state index >= 15 is 0 Å². The van der Waals surface area contributed by atoms with Gasteiger partial charge in [0.2, 0.25) is 0 Å². The molecular weight excluding hydrogens is 307 g/mol. The van der Waals surface area contributed by atoms with Crippen molar-refractivity contribution < 1.29 is 9.18 Å². The van der Waals surface area contributed by atoms with Crippen molar-refractivity contribution in [3.63, 3.8) is 0 Å². The van der Waals surface area contributed by atoms with E-state index in [2.05, 4.69) is 20.6 Å². The number of carbonyl (C=O) groups is 1. The Hall–Kier alpha value is -2.34. The zero-order chi connectivity index (χ0) is 17.3. The maximum Gasteiger partial charge on any atom is 0.259 e. The number of amides is 1. The van der Waals surface area contributed by atoms with Crippen molar-refractivity contribution in [1.29, 1.82) is 0 Å². The fraction of sp³-hybridized carbons (Fsp3) is 0.389. The van der Waals surface area contributed by atoms with Crippen LogP contribution in [-0.4, -0.2) is 22.4 Å². The maximum absolute atomic E-state index is 14.7. The summed E-state index contributed by atoms with van der Waals surface area (Å²) in [4.78, 5) is 21.1. The molecule has 0 saturated heterocycles. The number of nitrogens with one attached hydrogen (secondary N) is 2. The van der Waals surface area contributed by atoms with E-state index in [1.165, 1.54) is 6.20 Å². The number of aromatic nitrogens is 2. The van der Waals surface area contributed by atoms with Crippen molar-refractivity contribution in [2.75, 3.05) is 11.9 Å². The molecule has 2 aromatic rings. The third-order valence-corrected chi connectivity index (χ3v) is 4.19. The molecule has 0 fully saturated rings. The second kappa shape index (κ2) is 6.65. The van der Waals surface area contributed by atoms with Crippen molar-refractivity contribution >= 4 is 11.6 Å². The Bertz CT molecular complexity index is 789. The van der Waals surface area contributed by atoms with Crippen LogP contribution < -0.4 is 10.6 Å². The SMILES string of the molecule is Cc1ncc(C(=O)Nc2ccc3c(c2F)CCNC3)c(C(C)C)n1. The molecule has 1 aromatic heterocycles. The number of fused-ring (bicyclic) bond motifs is 1. The van der Waals surface area contributed by atoms with Gasteiger partial charge in [-0.2, -0.15) is 0 Å². The van der Waals surface area contributed by atoms with Crippen molar-refractivity contribution in [2.45, 2.75) is 39.7 Å². The van der Waals surface area contributed by atoms with Gasteiger partial charge in [-0.15, -0.1) is 0 Å². The van der Waals surface area contributed by atoms with Crippen molar-refractivity contribution in [3.8, 4) is 0 Å². The molecule has 2 heterocycles. The molecule has 24 heavy (non-hydrogen) atoms. The highest BCUT2D eigenvalue weighted by molar-refractivity contribution is 6.05. The van der Waals surface area contributed by atoms with Gasteiger partial charge in [0.15, 0.2) is 0 Å². The molecule has 1 amide bonds. The van der Waals surface area contributed by atoms with E-state index in [0.717, 1.165) is 12.1 Å². The van der Waals surface area contributed by atoms with Gasteiger partial charge in [0, 0.05) is 12.7 Å². The molecule has 0 bridgehead atoms. The average molecular weight is 328 g/mol. The topological polar surface area (TPSA) is 66.9 Å². The Labute approximate surface area is 140 Å². The van der Waals surface area contributed by atoms with Gasteiger partial charge in [-0.1, -0.05) is 19.9 Å². The number of carbonyl (C=O) groups excluding carboxylic acids is 1. The zero-order valence-electron chi connectivity index (χ0n) is 14.1. The molecule has 6 heteroatoms. The minimum absolute atomic E-state index is 0.0758. The molecule has 1 aliphatic heterocycles. The Kier molecular flexibility index (Phi) is 4.57. The van der Waals surface area contributed by atoms with E-state index in [4.69, 9.17) is 0 Å². The highest BCUT2D eigenvalue weighted by atomic mass is 19.1. The van der Waals surface area contributed by atoms with Crippen LogP contribution in [0.3, 0.4) is 0 Å². The normalized spacial score (nSPS) is 13.7. The largest absolute Gasteiger partial charge is 0.319 e. The number of anilines is 1. The van der Waals surface area contributed by atoms with Crippen LogP contribution in [0.25, 0.3) is 0 Å². The summed E-state index contributed by atoms with van der Waals surface area (Å²) < 4.78 is 14.7. The molecule has 0 radical (unpaired) electrons. The van der Waals surface area contributed by atoms with Crippen molar-refractivity contribution in [2.24, 2.45) is 0 Å². The van der Waals surface area contributed by atoms with Crippen LogP contribution in [0.15, 0.2) is 18.3 Å². The number of nitrogens with zero attached hydrogens (tertiary/aromatic N) is 2. The van der Waals surface area contributed by atoms with Crippen molar-refractivity contribution in [1.82, 2.24) is 15.3 Å². The van der Waals surface area contributed by atoms with Gasteiger partial charge in [0.1, 0.15) is 11.6 Å². The first-order valence-corrected chi connectivity index (χ1v) is 8.13. The van der Waals surface area contributed by atoms with E-state index in [1.807, 2.05) is 19.9 Å². The summed E-state index contributed by atoms with van der Waals surface area (Å²) in [5.41, 5.74) is 2.88. The fourth-order valence-electron chi connectivity index (χ4n) is 2.92. The summed E-state index contributed by atoms with van der Waals surface area (Å²) in [6, 6.07) is 3.47. The molecular formula is C18H21FN4O. The van der Waals surface area contributed by atoms with Crippen LogP contribution in [-0.2, 0) is 13.0 Å².